The second kappa shape index (κ2) is 8.07. The second-order valence-electron chi connectivity index (χ2n) is 5.67. The summed E-state index contributed by atoms with van der Waals surface area (Å²) in [5, 5.41) is 12.2. The minimum atomic E-state index is -0.0819. The molecule has 0 atom stereocenters. The minimum absolute atomic E-state index is 0.0819. The molecular weight excluding hydrogens is 298 g/mol. The summed E-state index contributed by atoms with van der Waals surface area (Å²) < 4.78 is 0. The highest BCUT2D eigenvalue weighted by Gasteiger charge is 2.10. The highest BCUT2D eigenvalue weighted by molar-refractivity contribution is 5.97. The van der Waals surface area contributed by atoms with E-state index in [2.05, 4.69) is 16.4 Å². The lowest BCUT2D eigenvalue weighted by Crippen LogP contribution is -2.24. The van der Waals surface area contributed by atoms with Crippen molar-refractivity contribution in [3.8, 4) is 17.2 Å². The molecule has 0 radical (unpaired) electrons. The molecule has 0 aliphatic rings. The molecule has 0 unspecified atom stereocenters. The number of hydrogen-bond acceptors (Lipinski definition) is 3. The van der Waals surface area contributed by atoms with Crippen molar-refractivity contribution < 1.29 is 4.79 Å². The van der Waals surface area contributed by atoms with Crippen LogP contribution in [0.2, 0.25) is 0 Å². The molecule has 0 saturated carbocycles. The van der Waals surface area contributed by atoms with E-state index < -0.39 is 0 Å². The third-order valence-corrected chi connectivity index (χ3v) is 3.82. The number of carbonyl (C=O) groups excluding carboxylic acids is 1. The van der Waals surface area contributed by atoms with E-state index in [1.807, 2.05) is 44.2 Å². The lowest BCUT2D eigenvalue weighted by molar-refractivity contribution is -0.117. The second-order valence-corrected chi connectivity index (χ2v) is 5.67. The topological polar surface area (TPSA) is 65.8 Å². The number of nitrogens with zero attached hydrogens (tertiary/aromatic N) is 2. The lowest BCUT2D eigenvalue weighted by atomic mass is 9.94. The Hall–Kier alpha value is -2.93. The molecule has 4 heteroatoms. The number of hydrogen-bond donors (Lipinski definition) is 1. The average molecular weight is 319 g/mol. The van der Waals surface area contributed by atoms with Crippen LogP contribution in [-0.2, 0) is 4.79 Å². The number of aromatic nitrogens is 1. The average Bonchev–Trinajstić information content (AvgIpc) is 2.61. The smallest absolute Gasteiger partial charge is 0.246 e. The van der Waals surface area contributed by atoms with Gasteiger partial charge in [0, 0.05) is 30.1 Å². The van der Waals surface area contributed by atoms with E-state index in [0.29, 0.717) is 17.7 Å². The third-order valence-electron chi connectivity index (χ3n) is 3.82. The Morgan fingerprint density at radius 2 is 2.21 bits per heavy atom. The van der Waals surface area contributed by atoms with Crippen molar-refractivity contribution in [3.05, 3.63) is 58.9 Å². The first-order chi connectivity index (χ1) is 11.6. The summed E-state index contributed by atoms with van der Waals surface area (Å²) in [6.07, 6.45) is 6.22. The van der Waals surface area contributed by atoms with E-state index >= 15 is 0 Å². The van der Waals surface area contributed by atoms with Gasteiger partial charge >= 0.3 is 0 Å². The zero-order valence-electron chi connectivity index (χ0n) is 14.3. The van der Waals surface area contributed by atoms with Crippen molar-refractivity contribution in [3.63, 3.8) is 0 Å². The molecule has 24 heavy (non-hydrogen) atoms. The van der Waals surface area contributed by atoms with Crippen LogP contribution in [0.25, 0.3) is 17.2 Å². The zero-order chi connectivity index (χ0) is 17.5. The third kappa shape index (κ3) is 4.08. The summed E-state index contributed by atoms with van der Waals surface area (Å²) in [6.45, 7) is 6.45. The molecule has 0 aliphatic carbocycles. The van der Waals surface area contributed by atoms with E-state index in [-0.39, 0.29) is 5.91 Å². The summed E-state index contributed by atoms with van der Waals surface area (Å²) in [5.41, 5.74) is 4.98. The number of pyridine rings is 1. The maximum absolute atomic E-state index is 12.1. The van der Waals surface area contributed by atoms with Crippen molar-refractivity contribution in [2.75, 3.05) is 6.54 Å². The predicted molar refractivity (Wildman–Crippen MR) is 96.1 cm³/mol. The standard InChI is InChI=1S/C20H21N3O/c1-4-7-23-20(24)14(2)9-18-10-16(12-21)11-19(15(18)3)17-6-5-8-22-13-17/h5-6,8-11,13H,4,7H2,1-3H3,(H,23,24)/b14-9+. The van der Waals surface area contributed by atoms with Gasteiger partial charge in [-0.3, -0.25) is 9.78 Å². The molecule has 4 nitrogen and oxygen atoms in total. The summed E-state index contributed by atoms with van der Waals surface area (Å²) in [5.74, 6) is -0.0819. The van der Waals surface area contributed by atoms with Gasteiger partial charge in [0.15, 0.2) is 0 Å². The predicted octanol–water partition coefficient (Wildman–Crippen LogP) is 3.86. The monoisotopic (exact) mass is 319 g/mol. The molecule has 122 valence electrons. The first kappa shape index (κ1) is 17.4. The van der Waals surface area contributed by atoms with Gasteiger partial charge in [0.1, 0.15) is 0 Å². The van der Waals surface area contributed by atoms with Crippen LogP contribution in [0.4, 0.5) is 0 Å². The largest absolute Gasteiger partial charge is 0.352 e. The summed E-state index contributed by atoms with van der Waals surface area (Å²) in [6, 6.07) is 9.69. The Balaban J connectivity index is 2.48. The van der Waals surface area contributed by atoms with Crippen molar-refractivity contribution >= 4 is 12.0 Å². The molecule has 1 aromatic carbocycles. The van der Waals surface area contributed by atoms with E-state index in [4.69, 9.17) is 0 Å². The Morgan fingerprint density at radius 3 is 2.83 bits per heavy atom. The highest BCUT2D eigenvalue weighted by atomic mass is 16.1. The molecule has 0 aliphatic heterocycles. The van der Waals surface area contributed by atoms with E-state index in [0.717, 1.165) is 28.7 Å². The number of nitriles is 1. The molecule has 1 heterocycles. The SMILES string of the molecule is CCCNC(=O)/C(C)=C/c1cc(C#N)cc(-c2cccnc2)c1C. The Labute approximate surface area is 142 Å². The zero-order valence-corrected chi connectivity index (χ0v) is 14.3. The van der Waals surface area contributed by atoms with E-state index in [1.54, 1.807) is 19.3 Å². The maximum Gasteiger partial charge on any atom is 0.246 e. The quantitative estimate of drug-likeness (QED) is 0.851. The van der Waals surface area contributed by atoms with Gasteiger partial charge in [0.25, 0.3) is 0 Å². The fraction of sp³-hybridized carbons (Fsp3) is 0.250. The lowest BCUT2D eigenvalue weighted by Gasteiger charge is -2.11. The van der Waals surface area contributed by atoms with Gasteiger partial charge in [-0.15, -0.1) is 0 Å². The molecular formula is C20H21N3O. The number of rotatable bonds is 5. The van der Waals surface area contributed by atoms with Crippen LogP contribution < -0.4 is 5.32 Å². The van der Waals surface area contributed by atoms with Crippen LogP contribution >= 0.6 is 0 Å². The Morgan fingerprint density at radius 1 is 1.42 bits per heavy atom. The van der Waals surface area contributed by atoms with Gasteiger partial charge in [0.05, 0.1) is 11.6 Å². The molecule has 0 spiro atoms. The van der Waals surface area contributed by atoms with Gasteiger partial charge < -0.3 is 5.32 Å². The van der Waals surface area contributed by atoms with Crippen molar-refractivity contribution in [2.45, 2.75) is 27.2 Å². The normalized spacial score (nSPS) is 11.0. The number of carbonyl (C=O) groups is 1. The van der Waals surface area contributed by atoms with Crippen LogP contribution in [0, 0.1) is 18.3 Å². The first-order valence-corrected chi connectivity index (χ1v) is 7.98. The molecule has 1 aromatic heterocycles. The molecule has 1 amide bonds. The molecule has 0 fully saturated rings. The van der Waals surface area contributed by atoms with E-state index in [1.165, 1.54) is 0 Å². The van der Waals surface area contributed by atoms with Crippen LogP contribution in [0.15, 0.2) is 42.2 Å². The van der Waals surface area contributed by atoms with Crippen molar-refractivity contribution in [1.29, 1.82) is 5.26 Å². The highest BCUT2D eigenvalue weighted by Crippen LogP contribution is 2.28. The molecule has 1 N–H and O–H groups in total. The number of benzene rings is 1. The summed E-state index contributed by atoms with van der Waals surface area (Å²) >= 11 is 0. The summed E-state index contributed by atoms with van der Waals surface area (Å²) in [7, 11) is 0. The van der Waals surface area contributed by atoms with Crippen molar-refractivity contribution in [2.24, 2.45) is 0 Å². The van der Waals surface area contributed by atoms with Crippen molar-refractivity contribution in [1.82, 2.24) is 10.3 Å². The fourth-order valence-corrected chi connectivity index (χ4v) is 2.45. The van der Waals surface area contributed by atoms with Gasteiger partial charge in [0.2, 0.25) is 5.91 Å². The van der Waals surface area contributed by atoms with Gasteiger partial charge in [-0.1, -0.05) is 13.0 Å². The van der Waals surface area contributed by atoms with Crippen LogP contribution in [0.1, 0.15) is 37.0 Å². The first-order valence-electron chi connectivity index (χ1n) is 7.98. The van der Waals surface area contributed by atoms with Crippen LogP contribution in [-0.4, -0.2) is 17.4 Å². The van der Waals surface area contributed by atoms with Gasteiger partial charge in [-0.2, -0.15) is 5.26 Å². The van der Waals surface area contributed by atoms with E-state index in [9.17, 15) is 10.1 Å². The molecule has 2 rings (SSSR count). The number of amides is 1. The summed E-state index contributed by atoms with van der Waals surface area (Å²) in [4.78, 5) is 16.2. The van der Waals surface area contributed by atoms with Gasteiger partial charge in [-0.05, 0) is 61.2 Å². The Bertz CT molecular complexity index is 802. The maximum atomic E-state index is 12.1. The molecule has 2 aromatic rings. The Kier molecular flexibility index (Phi) is 5.86. The van der Waals surface area contributed by atoms with Crippen LogP contribution in [0.3, 0.4) is 0 Å². The molecule has 0 bridgehead atoms. The number of nitrogens with one attached hydrogen (secondary N) is 1. The van der Waals surface area contributed by atoms with Crippen LogP contribution in [0.5, 0.6) is 0 Å². The van der Waals surface area contributed by atoms with Gasteiger partial charge in [-0.25, -0.2) is 0 Å². The molecule has 0 saturated heterocycles. The fourth-order valence-electron chi connectivity index (χ4n) is 2.45. The minimum Gasteiger partial charge on any atom is -0.352 e.